The third kappa shape index (κ3) is 4.53. The number of carbonyl (C=O) groups is 1. The summed E-state index contributed by atoms with van der Waals surface area (Å²) in [6, 6.07) is 9.11. The van der Waals surface area contributed by atoms with Crippen LogP contribution in [-0.4, -0.2) is 66.8 Å². The van der Waals surface area contributed by atoms with Gasteiger partial charge >= 0.3 is 0 Å². The van der Waals surface area contributed by atoms with Crippen LogP contribution in [-0.2, 0) is 9.53 Å². The predicted molar refractivity (Wildman–Crippen MR) is 87.9 cm³/mol. The molecule has 1 aromatic rings. The van der Waals surface area contributed by atoms with Gasteiger partial charge in [-0.15, -0.1) is 0 Å². The molecular formula is C18H26N2O3. The fourth-order valence-electron chi connectivity index (χ4n) is 3.14. The Labute approximate surface area is 137 Å². The Hall–Kier alpha value is -1.43. The minimum Gasteiger partial charge on any atom is -0.378 e. The molecule has 0 bridgehead atoms. The zero-order chi connectivity index (χ0) is 16.2. The van der Waals surface area contributed by atoms with E-state index in [9.17, 15) is 9.90 Å². The molecule has 2 aliphatic rings. The highest BCUT2D eigenvalue weighted by molar-refractivity contribution is 5.82. The molecule has 2 atom stereocenters. The van der Waals surface area contributed by atoms with E-state index in [2.05, 4.69) is 11.9 Å². The van der Waals surface area contributed by atoms with Crippen molar-refractivity contribution in [2.75, 3.05) is 39.8 Å². The molecule has 0 unspecified atom stereocenters. The summed E-state index contributed by atoms with van der Waals surface area (Å²) in [5.74, 6) is 0.621. The predicted octanol–water partition coefficient (Wildman–Crippen LogP) is 1.29. The van der Waals surface area contributed by atoms with E-state index in [0.717, 1.165) is 19.0 Å². The van der Waals surface area contributed by atoms with Crippen LogP contribution in [0.3, 0.4) is 0 Å². The molecule has 5 nitrogen and oxygen atoms in total. The second-order valence-electron chi connectivity index (χ2n) is 6.75. The second kappa shape index (κ2) is 7.43. The average molecular weight is 318 g/mol. The van der Waals surface area contributed by atoms with Crippen molar-refractivity contribution in [3.05, 3.63) is 35.9 Å². The van der Waals surface area contributed by atoms with Crippen LogP contribution >= 0.6 is 0 Å². The topological polar surface area (TPSA) is 53.0 Å². The molecule has 23 heavy (non-hydrogen) atoms. The fraction of sp³-hybridized carbons (Fsp3) is 0.611. The van der Waals surface area contributed by atoms with Crippen LogP contribution in [0.5, 0.6) is 0 Å². The molecule has 126 valence electrons. The molecular weight excluding hydrogens is 292 g/mol. The van der Waals surface area contributed by atoms with Gasteiger partial charge in [0.2, 0.25) is 0 Å². The van der Waals surface area contributed by atoms with E-state index in [1.54, 1.807) is 17.0 Å². The van der Waals surface area contributed by atoms with Crippen molar-refractivity contribution >= 4 is 5.91 Å². The van der Waals surface area contributed by atoms with Gasteiger partial charge in [0.25, 0.3) is 5.91 Å². The first kappa shape index (κ1) is 16.4. The lowest BCUT2D eigenvalue weighted by Gasteiger charge is -2.35. The average Bonchev–Trinajstić information content (AvgIpc) is 3.38. The summed E-state index contributed by atoms with van der Waals surface area (Å²) in [5.41, 5.74) is 0.645. The quantitative estimate of drug-likeness (QED) is 0.859. The minimum atomic E-state index is -1.08. The van der Waals surface area contributed by atoms with E-state index >= 15 is 0 Å². The highest BCUT2D eigenvalue weighted by Crippen LogP contribution is 2.29. The SMILES string of the molecule is CN(CC1CC1)C[C@H]1CN(C(=O)[C@H](O)c2ccccc2)CCO1. The highest BCUT2D eigenvalue weighted by Gasteiger charge is 2.30. The first-order valence-corrected chi connectivity index (χ1v) is 8.45. The second-order valence-corrected chi connectivity index (χ2v) is 6.75. The van der Waals surface area contributed by atoms with E-state index in [4.69, 9.17) is 4.74 Å². The van der Waals surface area contributed by atoms with Gasteiger partial charge in [0.15, 0.2) is 6.10 Å². The summed E-state index contributed by atoms with van der Waals surface area (Å²) in [4.78, 5) is 16.6. The number of aliphatic hydroxyl groups excluding tert-OH is 1. The Balaban J connectivity index is 1.53. The van der Waals surface area contributed by atoms with Gasteiger partial charge in [-0.1, -0.05) is 30.3 Å². The molecule has 2 fully saturated rings. The number of rotatable bonds is 6. The summed E-state index contributed by atoms with van der Waals surface area (Å²) < 4.78 is 5.80. The normalized spacial score (nSPS) is 23.1. The van der Waals surface area contributed by atoms with Crippen molar-refractivity contribution in [2.45, 2.75) is 25.0 Å². The van der Waals surface area contributed by atoms with Crippen molar-refractivity contribution in [1.29, 1.82) is 0 Å². The largest absolute Gasteiger partial charge is 0.378 e. The molecule has 0 radical (unpaired) electrons. The van der Waals surface area contributed by atoms with Crippen LogP contribution < -0.4 is 0 Å². The first-order chi connectivity index (χ1) is 11.1. The molecule has 1 heterocycles. The highest BCUT2D eigenvalue weighted by atomic mass is 16.5. The van der Waals surface area contributed by atoms with Crippen molar-refractivity contribution in [2.24, 2.45) is 5.92 Å². The van der Waals surface area contributed by atoms with Crippen molar-refractivity contribution in [3.8, 4) is 0 Å². The van der Waals surface area contributed by atoms with Gasteiger partial charge in [0, 0.05) is 26.2 Å². The van der Waals surface area contributed by atoms with Gasteiger partial charge in [-0.3, -0.25) is 4.79 Å². The lowest BCUT2D eigenvalue weighted by atomic mass is 10.1. The number of nitrogens with zero attached hydrogens (tertiary/aromatic N) is 2. The Kier molecular flexibility index (Phi) is 5.30. The molecule has 1 aliphatic carbocycles. The molecule has 1 N–H and O–H groups in total. The third-order valence-electron chi connectivity index (χ3n) is 4.58. The molecule has 1 aliphatic heterocycles. The molecule has 0 spiro atoms. The van der Waals surface area contributed by atoms with Gasteiger partial charge in [-0.2, -0.15) is 0 Å². The maximum atomic E-state index is 12.5. The zero-order valence-electron chi connectivity index (χ0n) is 13.7. The van der Waals surface area contributed by atoms with Crippen LogP contribution in [0.2, 0.25) is 0 Å². The number of likely N-dealkylation sites (N-methyl/N-ethyl adjacent to an activating group) is 1. The summed E-state index contributed by atoms with van der Waals surface area (Å²) in [6.45, 7) is 3.58. The van der Waals surface area contributed by atoms with Crippen molar-refractivity contribution < 1.29 is 14.6 Å². The Bertz CT molecular complexity index is 518. The van der Waals surface area contributed by atoms with Crippen LogP contribution in [0, 0.1) is 5.92 Å². The number of benzene rings is 1. The summed E-state index contributed by atoms with van der Waals surface area (Å²) >= 11 is 0. The van der Waals surface area contributed by atoms with Crippen LogP contribution in [0.1, 0.15) is 24.5 Å². The van der Waals surface area contributed by atoms with Crippen LogP contribution in [0.25, 0.3) is 0 Å². The van der Waals surface area contributed by atoms with Gasteiger partial charge in [0.05, 0.1) is 12.7 Å². The number of aliphatic hydroxyl groups is 1. The van der Waals surface area contributed by atoms with Crippen molar-refractivity contribution in [3.63, 3.8) is 0 Å². The molecule has 1 saturated carbocycles. The maximum Gasteiger partial charge on any atom is 0.256 e. The lowest BCUT2D eigenvalue weighted by Crippen LogP contribution is -2.50. The monoisotopic (exact) mass is 318 g/mol. The van der Waals surface area contributed by atoms with E-state index in [0.29, 0.717) is 25.3 Å². The summed E-state index contributed by atoms with van der Waals surface area (Å²) in [7, 11) is 2.11. The third-order valence-corrected chi connectivity index (χ3v) is 4.58. The number of hydrogen-bond donors (Lipinski definition) is 1. The number of carbonyl (C=O) groups excluding carboxylic acids is 1. The molecule has 5 heteroatoms. The smallest absolute Gasteiger partial charge is 0.256 e. The summed E-state index contributed by atoms with van der Waals surface area (Å²) in [6.07, 6.45) is 1.62. The van der Waals surface area contributed by atoms with Gasteiger partial charge < -0.3 is 19.6 Å². The Morgan fingerprint density at radius 1 is 1.35 bits per heavy atom. The summed E-state index contributed by atoms with van der Waals surface area (Å²) in [5, 5.41) is 10.3. The zero-order valence-corrected chi connectivity index (χ0v) is 13.7. The van der Waals surface area contributed by atoms with E-state index in [1.165, 1.54) is 12.8 Å². The molecule has 0 aromatic heterocycles. The molecule has 1 amide bonds. The lowest BCUT2D eigenvalue weighted by molar-refractivity contribution is -0.148. The fourth-order valence-corrected chi connectivity index (χ4v) is 3.14. The van der Waals surface area contributed by atoms with Crippen molar-refractivity contribution in [1.82, 2.24) is 9.80 Å². The standard InChI is InChI=1S/C18H26N2O3/c1-19(11-14-7-8-14)12-16-13-20(9-10-23-16)18(22)17(21)15-5-3-2-4-6-15/h2-6,14,16-17,21H,7-13H2,1H3/t16-,17+/m0/s1. The molecule has 1 saturated heterocycles. The van der Waals surface area contributed by atoms with E-state index in [-0.39, 0.29) is 12.0 Å². The number of ether oxygens (including phenoxy) is 1. The van der Waals surface area contributed by atoms with Gasteiger partial charge in [-0.05, 0) is 31.4 Å². The number of morpholine rings is 1. The van der Waals surface area contributed by atoms with Gasteiger partial charge in [-0.25, -0.2) is 0 Å². The molecule has 1 aromatic carbocycles. The Morgan fingerprint density at radius 2 is 2.09 bits per heavy atom. The Morgan fingerprint density at radius 3 is 2.78 bits per heavy atom. The number of hydrogen-bond acceptors (Lipinski definition) is 4. The van der Waals surface area contributed by atoms with E-state index in [1.807, 2.05) is 18.2 Å². The maximum absolute atomic E-state index is 12.5. The van der Waals surface area contributed by atoms with E-state index < -0.39 is 6.10 Å². The van der Waals surface area contributed by atoms with Gasteiger partial charge in [0.1, 0.15) is 0 Å². The van der Waals surface area contributed by atoms with Crippen LogP contribution in [0.4, 0.5) is 0 Å². The first-order valence-electron chi connectivity index (χ1n) is 8.45. The molecule has 3 rings (SSSR count). The number of amides is 1. The van der Waals surface area contributed by atoms with Crippen LogP contribution in [0.15, 0.2) is 30.3 Å². The minimum absolute atomic E-state index is 0.0272.